The summed E-state index contributed by atoms with van der Waals surface area (Å²) in [6.07, 6.45) is -0.869. The van der Waals surface area contributed by atoms with Crippen molar-refractivity contribution in [2.24, 2.45) is 5.92 Å². The van der Waals surface area contributed by atoms with Crippen LogP contribution in [0.1, 0.15) is 6.42 Å². The number of fused-ring (bicyclic) bond motifs is 1. The Morgan fingerprint density at radius 2 is 2.06 bits per heavy atom. The predicted octanol–water partition coefficient (Wildman–Crippen LogP) is 2.63. The standard InChI is InChI=1S/C21H20Cl2N2O6/c22-15-2-1-3-17(20(15)23)29-10-14(26)8-24-21(28)12-6-19(27)25(9-12)13-4-5-16-18(7-13)31-11-30-16/h1-5,7,12,14,26H,6,8-11H2,(H,24,28). The van der Waals surface area contributed by atoms with Crippen molar-refractivity contribution in [3.05, 3.63) is 46.4 Å². The molecule has 4 rings (SSSR count). The van der Waals surface area contributed by atoms with E-state index in [1.54, 1.807) is 41.3 Å². The van der Waals surface area contributed by atoms with E-state index >= 15 is 0 Å². The third kappa shape index (κ3) is 4.81. The number of halogens is 2. The lowest BCUT2D eigenvalue weighted by atomic mass is 10.1. The third-order valence-electron chi connectivity index (χ3n) is 5.02. The maximum Gasteiger partial charge on any atom is 0.231 e. The van der Waals surface area contributed by atoms with E-state index in [9.17, 15) is 14.7 Å². The molecule has 2 atom stereocenters. The molecule has 1 saturated heterocycles. The van der Waals surface area contributed by atoms with E-state index in [4.69, 9.17) is 37.4 Å². The number of carbonyl (C=O) groups excluding carboxylic acids is 2. The Morgan fingerprint density at radius 1 is 1.26 bits per heavy atom. The van der Waals surface area contributed by atoms with Gasteiger partial charge in [-0.05, 0) is 24.3 Å². The van der Waals surface area contributed by atoms with Crippen LogP contribution in [0.15, 0.2) is 36.4 Å². The average Bonchev–Trinajstić information content (AvgIpc) is 3.38. The second kappa shape index (κ2) is 9.21. The van der Waals surface area contributed by atoms with E-state index < -0.39 is 12.0 Å². The Labute approximate surface area is 188 Å². The molecule has 2 heterocycles. The molecule has 0 spiro atoms. The number of amides is 2. The molecule has 0 aliphatic carbocycles. The van der Waals surface area contributed by atoms with Gasteiger partial charge in [0, 0.05) is 31.3 Å². The number of anilines is 1. The van der Waals surface area contributed by atoms with Crippen molar-refractivity contribution in [2.75, 3.05) is 31.4 Å². The van der Waals surface area contributed by atoms with Crippen molar-refractivity contribution in [2.45, 2.75) is 12.5 Å². The molecule has 2 aromatic carbocycles. The number of ether oxygens (including phenoxy) is 3. The average molecular weight is 467 g/mol. The van der Waals surface area contributed by atoms with Crippen LogP contribution in [0, 0.1) is 5.92 Å². The Hall–Kier alpha value is -2.68. The quantitative estimate of drug-likeness (QED) is 0.650. The van der Waals surface area contributed by atoms with Crippen molar-refractivity contribution in [1.82, 2.24) is 5.32 Å². The zero-order chi connectivity index (χ0) is 22.0. The summed E-state index contributed by atoms with van der Waals surface area (Å²) in [5, 5.41) is 13.4. The summed E-state index contributed by atoms with van der Waals surface area (Å²) in [7, 11) is 0. The lowest BCUT2D eigenvalue weighted by Crippen LogP contribution is -2.39. The molecular formula is C21H20Cl2N2O6. The van der Waals surface area contributed by atoms with Crippen LogP contribution in [0.3, 0.4) is 0 Å². The fraction of sp³-hybridized carbons (Fsp3) is 0.333. The number of benzene rings is 2. The Kier molecular flexibility index (Phi) is 6.41. The van der Waals surface area contributed by atoms with Crippen LogP contribution >= 0.6 is 23.2 Å². The molecule has 8 nitrogen and oxygen atoms in total. The molecule has 164 valence electrons. The monoisotopic (exact) mass is 466 g/mol. The van der Waals surface area contributed by atoms with Gasteiger partial charge in [0.1, 0.15) is 23.5 Å². The van der Waals surface area contributed by atoms with Gasteiger partial charge in [0.2, 0.25) is 18.6 Å². The highest BCUT2D eigenvalue weighted by molar-refractivity contribution is 6.42. The van der Waals surface area contributed by atoms with Gasteiger partial charge in [-0.1, -0.05) is 29.3 Å². The number of nitrogens with one attached hydrogen (secondary N) is 1. The zero-order valence-corrected chi connectivity index (χ0v) is 17.9. The van der Waals surface area contributed by atoms with Gasteiger partial charge in [-0.25, -0.2) is 0 Å². The van der Waals surface area contributed by atoms with Crippen molar-refractivity contribution in [1.29, 1.82) is 0 Å². The highest BCUT2D eigenvalue weighted by Crippen LogP contribution is 2.37. The lowest BCUT2D eigenvalue weighted by Gasteiger charge is -2.18. The van der Waals surface area contributed by atoms with Crippen LogP contribution in [-0.4, -0.2) is 49.5 Å². The molecular weight excluding hydrogens is 447 g/mol. The molecule has 2 N–H and O–H groups in total. The molecule has 31 heavy (non-hydrogen) atoms. The maximum absolute atomic E-state index is 12.5. The Bertz CT molecular complexity index is 1000. The summed E-state index contributed by atoms with van der Waals surface area (Å²) in [5.41, 5.74) is 0.649. The molecule has 2 aliphatic heterocycles. The first kappa shape index (κ1) is 21.5. The van der Waals surface area contributed by atoms with Crippen molar-refractivity contribution in [3.63, 3.8) is 0 Å². The molecule has 0 radical (unpaired) electrons. The fourth-order valence-corrected chi connectivity index (χ4v) is 3.74. The second-order valence-corrected chi connectivity index (χ2v) is 7.99. The highest BCUT2D eigenvalue weighted by Gasteiger charge is 2.35. The van der Waals surface area contributed by atoms with Gasteiger partial charge in [-0.2, -0.15) is 0 Å². The number of aliphatic hydroxyl groups is 1. The lowest BCUT2D eigenvalue weighted by molar-refractivity contribution is -0.126. The van der Waals surface area contributed by atoms with E-state index in [1.165, 1.54) is 0 Å². The second-order valence-electron chi connectivity index (χ2n) is 7.20. The largest absolute Gasteiger partial charge is 0.489 e. The van der Waals surface area contributed by atoms with E-state index in [0.29, 0.717) is 28.0 Å². The van der Waals surface area contributed by atoms with Gasteiger partial charge >= 0.3 is 0 Å². The molecule has 2 aromatic rings. The summed E-state index contributed by atoms with van der Waals surface area (Å²) in [5.74, 6) is 0.560. The van der Waals surface area contributed by atoms with Gasteiger partial charge in [0.15, 0.2) is 11.5 Å². The van der Waals surface area contributed by atoms with Crippen molar-refractivity contribution < 1.29 is 28.9 Å². The fourth-order valence-electron chi connectivity index (χ4n) is 3.39. The smallest absolute Gasteiger partial charge is 0.231 e. The number of rotatable bonds is 7. The zero-order valence-electron chi connectivity index (χ0n) is 16.3. The van der Waals surface area contributed by atoms with E-state index in [-0.39, 0.29) is 49.7 Å². The maximum atomic E-state index is 12.5. The van der Waals surface area contributed by atoms with Crippen LogP contribution < -0.4 is 24.4 Å². The first-order chi connectivity index (χ1) is 14.9. The van der Waals surface area contributed by atoms with Crippen molar-refractivity contribution in [3.8, 4) is 17.2 Å². The van der Waals surface area contributed by atoms with Crippen LogP contribution in [0.25, 0.3) is 0 Å². The number of nitrogens with zero attached hydrogens (tertiary/aromatic N) is 1. The van der Waals surface area contributed by atoms with Gasteiger partial charge in [-0.15, -0.1) is 0 Å². The van der Waals surface area contributed by atoms with Gasteiger partial charge in [0.25, 0.3) is 0 Å². The van der Waals surface area contributed by atoms with Crippen molar-refractivity contribution >= 4 is 40.7 Å². The summed E-state index contributed by atoms with van der Waals surface area (Å²) in [6, 6.07) is 10.2. The number of hydrogen-bond donors (Lipinski definition) is 2. The molecule has 0 bridgehead atoms. The molecule has 10 heteroatoms. The van der Waals surface area contributed by atoms with Crippen LogP contribution in [0.2, 0.25) is 10.0 Å². The third-order valence-corrected chi connectivity index (χ3v) is 5.82. The normalized spacial score (nSPS) is 18.2. The molecule has 0 saturated carbocycles. The van der Waals surface area contributed by atoms with Gasteiger partial charge < -0.3 is 29.5 Å². The van der Waals surface area contributed by atoms with E-state index in [1.807, 2.05) is 0 Å². The summed E-state index contributed by atoms with van der Waals surface area (Å²) in [4.78, 5) is 26.5. The highest BCUT2D eigenvalue weighted by atomic mass is 35.5. The van der Waals surface area contributed by atoms with Crippen LogP contribution in [0.4, 0.5) is 5.69 Å². The van der Waals surface area contributed by atoms with Crippen LogP contribution in [-0.2, 0) is 9.59 Å². The van der Waals surface area contributed by atoms with E-state index in [0.717, 1.165) is 0 Å². The minimum Gasteiger partial charge on any atom is -0.489 e. The summed E-state index contributed by atoms with van der Waals surface area (Å²) in [6.45, 7) is 0.293. The first-order valence-electron chi connectivity index (χ1n) is 9.65. The van der Waals surface area contributed by atoms with Crippen LogP contribution in [0.5, 0.6) is 17.2 Å². The Balaban J connectivity index is 1.27. The van der Waals surface area contributed by atoms with Gasteiger partial charge in [0.05, 0.1) is 10.9 Å². The number of aliphatic hydroxyl groups excluding tert-OH is 1. The number of hydrogen-bond acceptors (Lipinski definition) is 6. The molecule has 2 unspecified atom stereocenters. The first-order valence-corrected chi connectivity index (χ1v) is 10.4. The molecule has 2 aliphatic rings. The summed E-state index contributed by atoms with van der Waals surface area (Å²) < 4.78 is 16.1. The number of carbonyl (C=O) groups is 2. The van der Waals surface area contributed by atoms with E-state index in [2.05, 4.69) is 5.32 Å². The van der Waals surface area contributed by atoms with Gasteiger partial charge in [-0.3, -0.25) is 9.59 Å². The molecule has 1 fully saturated rings. The molecule has 2 amide bonds. The topological polar surface area (TPSA) is 97.3 Å². The predicted molar refractivity (Wildman–Crippen MR) is 114 cm³/mol. The minimum atomic E-state index is -0.957. The minimum absolute atomic E-state index is 0.0221. The SMILES string of the molecule is O=C(NCC(O)COc1cccc(Cl)c1Cl)C1CC(=O)N(c2ccc3c(c2)OCO3)C1. The Morgan fingerprint density at radius 3 is 2.90 bits per heavy atom. The summed E-state index contributed by atoms with van der Waals surface area (Å²) >= 11 is 12.0. The molecule has 0 aromatic heterocycles.